The van der Waals surface area contributed by atoms with Crippen LogP contribution >= 0.6 is 12.2 Å². The van der Waals surface area contributed by atoms with Gasteiger partial charge in [-0.15, -0.1) is 0 Å². The zero-order chi connectivity index (χ0) is 25.4. The molecule has 0 aliphatic carbocycles. The molecule has 3 heterocycles. The van der Waals surface area contributed by atoms with Crippen molar-refractivity contribution >= 4 is 35.0 Å². The lowest BCUT2D eigenvalue weighted by molar-refractivity contribution is 0.0696. The molecule has 0 saturated carbocycles. The Morgan fingerprint density at radius 2 is 1.64 bits per heavy atom. The minimum atomic E-state index is -1.25. The Morgan fingerprint density at radius 3 is 2.25 bits per heavy atom. The lowest BCUT2D eigenvalue weighted by atomic mass is 10.0. The number of aromatic nitrogens is 1. The van der Waals surface area contributed by atoms with E-state index in [0.717, 1.165) is 11.8 Å². The maximum Gasteiger partial charge on any atom is 0.335 e. The Kier molecular flexibility index (Phi) is 5.87. The second-order valence-corrected chi connectivity index (χ2v) is 8.51. The summed E-state index contributed by atoms with van der Waals surface area (Å²) < 4.78 is 6.19. The number of anilines is 1. The van der Waals surface area contributed by atoms with Gasteiger partial charge in [0, 0.05) is 17.4 Å². The average molecular weight is 502 g/mol. The molecule has 2 aromatic heterocycles. The van der Waals surface area contributed by atoms with E-state index in [4.69, 9.17) is 16.6 Å². The molecule has 36 heavy (non-hydrogen) atoms. The van der Waals surface area contributed by atoms with Crippen molar-refractivity contribution in [3.05, 3.63) is 102 Å². The van der Waals surface area contributed by atoms with E-state index < -0.39 is 18.0 Å². The van der Waals surface area contributed by atoms with Crippen LogP contribution in [-0.2, 0) is 0 Å². The zero-order valence-corrected chi connectivity index (χ0v) is 19.3. The van der Waals surface area contributed by atoms with Gasteiger partial charge in [0.1, 0.15) is 23.3 Å². The van der Waals surface area contributed by atoms with Crippen LogP contribution in [0.1, 0.15) is 44.3 Å². The second kappa shape index (κ2) is 9.16. The number of rotatable bonds is 6. The molecular weight excluding hydrogens is 482 g/mol. The Hall–Kier alpha value is -4.70. The van der Waals surface area contributed by atoms with Crippen molar-refractivity contribution in [2.75, 3.05) is 4.90 Å². The molecule has 2 aromatic carbocycles. The van der Waals surface area contributed by atoms with Crippen LogP contribution in [0.4, 0.5) is 5.69 Å². The summed E-state index contributed by atoms with van der Waals surface area (Å²) in [4.78, 5) is 29.4. The molecule has 0 bridgehead atoms. The number of phenols is 1. The van der Waals surface area contributed by atoms with E-state index in [1.54, 1.807) is 42.6 Å². The molecule has 1 aliphatic heterocycles. The summed E-state index contributed by atoms with van der Waals surface area (Å²) in [6.45, 7) is 0. The first-order valence-corrected chi connectivity index (χ1v) is 11.2. The van der Waals surface area contributed by atoms with Crippen molar-refractivity contribution in [1.82, 2.24) is 10.3 Å². The predicted molar refractivity (Wildman–Crippen MR) is 134 cm³/mol. The van der Waals surface area contributed by atoms with Crippen molar-refractivity contribution in [1.29, 1.82) is 0 Å². The summed E-state index contributed by atoms with van der Waals surface area (Å²) >= 11 is 5.65. The molecule has 10 heteroatoms. The number of aromatic carboxylic acids is 2. The van der Waals surface area contributed by atoms with Gasteiger partial charge in [-0.2, -0.15) is 0 Å². The first-order valence-electron chi connectivity index (χ1n) is 10.8. The van der Waals surface area contributed by atoms with Crippen LogP contribution in [0.15, 0.2) is 83.4 Å². The molecule has 0 radical (unpaired) electrons. The highest BCUT2D eigenvalue weighted by atomic mass is 32.1. The number of nitrogens with one attached hydrogen (secondary N) is 1. The third-order valence-electron chi connectivity index (χ3n) is 5.86. The molecule has 1 aliphatic rings. The Balaban J connectivity index is 1.61. The van der Waals surface area contributed by atoms with Gasteiger partial charge in [0.25, 0.3) is 0 Å². The van der Waals surface area contributed by atoms with Gasteiger partial charge in [0.15, 0.2) is 5.11 Å². The Labute approximate surface area is 210 Å². The number of hydrogen-bond donors (Lipinski definition) is 4. The van der Waals surface area contributed by atoms with Crippen LogP contribution < -0.4 is 10.2 Å². The molecule has 4 N–H and O–H groups in total. The third-order valence-corrected chi connectivity index (χ3v) is 6.17. The van der Waals surface area contributed by atoms with Crippen LogP contribution in [0.25, 0.3) is 11.3 Å². The molecule has 0 amide bonds. The summed E-state index contributed by atoms with van der Waals surface area (Å²) in [6, 6.07) is 18.5. The minimum Gasteiger partial charge on any atom is -0.508 e. The topological polar surface area (TPSA) is 136 Å². The zero-order valence-electron chi connectivity index (χ0n) is 18.5. The van der Waals surface area contributed by atoms with Gasteiger partial charge in [-0.25, -0.2) is 9.59 Å². The molecule has 9 nitrogen and oxygen atoms in total. The van der Waals surface area contributed by atoms with Gasteiger partial charge < -0.3 is 30.0 Å². The van der Waals surface area contributed by atoms with Crippen molar-refractivity contribution in [3.8, 4) is 17.1 Å². The molecule has 1 fully saturated rings. The largest absolute Gasteiger partial charge is 0.508 e. The first kappa shape index (κ1) is 23.1. The number of phenolic OH excluding ortho intramolecular Hbond substituents is 1. The number of nitrogens with zero attached hydrogens (tertiary/aromatic N) is 2. The van der Waals surface area contributed by atoms with Crippen molar-refractivity contribution in [2.24, 2.45) is 0 Å². The monoisotopic (exact) mass is 501 g/mol. The number of benzene rings is 2. The molecule has 0 spiro atoms. The summed E-state index contributed by atoms with van der Waals surface area (Å²) in [5, 5.41) is 32.3. The van der Waals surface area contributed by atoms with Gasteiger partial charge in [-0.1, -0.05) is 6.07 Å². The molecule has 180 valence electrons. The van der Waals surface area contributed by atoms with Crippen LogP contribution in [0.3, 0.4) is 0 Å². The normalized spacial score (nSPS) is 17.1. The summed E-state index contributed by atoms with van der Waals surface area (Å²) in [5.41, 5.74) is 1.43. The first-order chi connectivity index (χ1) is 17.3. The number of thiocarbonyl (C=S) groups is 1. The lowest BCUT2D eigenvalue weighted by Crippen LogP contribution is -2.29. The van der Waals surface area contributed by atoms with Gasteiger partial charge in [0.05, 0.1) is 22.9 Å². The van der Waals surface area contributed by atoms with E-state index in [-0.39, 0.29) is 22.9 Å². The van der Waals surface area contributed by atoms with Crippen molar-refractivity contribution < 1.29 is 29.3 Å². The van der Waals surface area contributed by atoms with Crippen LogP contribution in [-0.4, -0.2) is 37.4 Å². The van der Waals surface area contributed by atoms with Crippen molar-refractivity contribution in [3.63, 3.8) is 0 Å². The summed E-state index contributed by atoms with van der Waals surface area (Å²) in [5.74, 6) is -1.57. The highest BCUT2D eigenvalue weighted by Gasteiger charge is 2.42. The minimum absolute atomic E-state index is 0.113. The van der Waals surface area contributed by atoms with Gasteiger partial charge in [-0.3, -0.25) is 4.98 Å². The molecule has 0 unspecified atom stereocenters. The van der Waals surface area contributed by atoms with Crippen molar-refractivity contribution in [2.45, 2.75) is 12.1 Å². The van der Waals surface area contributed by atoms with E-state index in [9.17, 15) is 24.9 Å². The standard InChI is InChI=1S/C26H19N3O6S/c30-18-6-4-17(5-7-18)29-23(22(28-26(29)36)19-3-1-2-10-27-19)21-9-8-20(35-21)14-11-15(24(31)32)13-16(12-14)25(33)34/h1-13,22-23,30H,(H,28,36)(H,31,32)(H,33,34)/t22-,23+/m0/s1. The van der Waals surface area contributed by atoms with Crippen LogP contribution in [0.2, 0.25) is 0 Å². The van der Waals surface area contributed by atoms with Gasteiger partial charge in [0.2, 0.25) is 0 Å². The Morgan fingerprint density at radius 1 is 0.944 bits per heavy atom. The number of pyridine rings is 1. The highest BCUT2D eigenvalue weighted by molar-refractivity contribution is 7.80. The van der Waals surface area contributed by atoms with Gasteiger partial charge >= 0.3 is 11.9 Å². The third kappa shape index (κ3) is 4.25. The van der Waals surface area contributed by atoms with E-state index in [2.05, 4.69) is 10.3 Å². The summed E-state index contributed by atoms with van der Waals surface area (Å²) in [7, 11) is 0. The number of furan rings is 1. The van der Waals surface area contributed by atoms with E-state index >= 15 is 0 Å². The molecule has 1 saturated heterocycles. The maximum atomic E-state index is 11.6. The van der Waals surface area contributed by atoms with E-state index in [1.165, 1.54) is 12.1 Å². The molecule has 2 atom stereocenters. The lowest BCUT2D eigenvalue weighted by Gasteiger charge is -2.26. The van der Waals surface area contributed by atoms with E-state index in [1.807, 2.05) is 23.1 Å². The van der Waals surface area contributed by atoms with Crippen LogP contribution in [0, 0.1) is 0 Å². The number of hydrogen-bond acceptors (Lipinski definition) is 6. The molecular formula is C26H19N3O6S. The fraction of sp³-hybridized carbons (Fsp3) is 0.0769. The fourth-order valence-electron chi connectivity index (χ4n) is 4.22. The average Bonchev–Trinajstić information content (AvgIpc) is 3.49. The second-order valence-electron chi connectivity index (χ2n) is 8.12. The number of carbonyl (C=O) groups is 2. The summed E-state index contributed by atoms with van der Waals surface area (Å²) in [6.07, 6.45) is 1.68. The molecule has 5 rings (SSSR count). The highest BCUT2D eigenvalue weighted by Crippen LogP contribution is 2.43. The smallest absolute Gasteiger partial charge is 0.335 e. The predicted octanol–water partition coefficient (Wildman–Crippen LogP) is 4.62. The maximum absolute atomic E-state index is 11.6. The quantitative estimate of drug-likeness (QED) is 0.277. The van der Waals surface area contributed by atoms with Gasteiger partial charge in [-0.05, 0) is 78.9 Å². The van der Waals surface area contributed by atoms with E-state index in [0.29, 0.717) is 27.9 Å². The number of aromatic hydroxyl groups is 1. The molecule has 4 aromatic rings. The van der Waals surface area contributed by atoms with Crippen LogP contribution in [0.5, 0.6) is 5.75 Å². The fourth-order valence-corrected chi connectivity index (χ4v) is 4.56. The Bertz CT molecular complexity index is 1440. The SMILES string of the molecule is O=C(O)c1cc(C(=O)O)cc(-c2ccc([C@@H]3[C@H](c4ccccn4)NC(=S)N3c3ccc(O)cc3)o2)c1. The number of carboxylic acid groups (broad SMARTS) is 2. The number of carboxylic acids is 2.